The van der Waals surface area contributed by atoms with Crippen molar-refractivity contribution in [2.24, 2.45) is 0 Å². The SMILES string of the molecule is O=C(Nc1ccc(N2CCCC2)c(C(=O)N2CCCCC2)c1)c1ccc(Cl)c(Cl)c1. The molecule has 2 aliphatic heterocycles. The second-order valence-electron chi connectivity index (χ2n) is 7.86. The van der Waals surface area contributed by atoms with Gasteiger partial charge in [0.1, 0.15) is 0 Å². The van der Waals surface area contributed by atoms with Crippen LogP contribution in [-0.2, 0) is 0 Å². The highest BCUT2D eigenvalue weighted by Crippen LogP contribution is 2.30. The van der Waals surface area contributed by atoms with Crippen molar-refractivity contribution in [2.45, 2.75) is 32.1 Å². The summed E-state index contributed by atoms with van der Waals surface area (Å²) < 4.78 is 0. The Labute approximate surface area is 186 Å². The molecule has 2 aliphatic rings. The zero-order valence-corrected chi connectivity index (χ0v) is 18.3. The van der Waals surface area contributed by atoms with Gasteiger partial charge in [-0.1, -0.05) is 23.2 Å². The van der Waals surface area contributed by atoms with Crippen LogP contribution in [0.5, 0.6) is 0 Å². The third-order valence-electron chi connectivity index (χ3n) is 5.76. The maximum atomic E-state index is 13.3. The lowest BCUT2D eigenvalue weighted by Crippen LogP contribution is -2.36. The Morgan fingerprint density at radius 3 is 2.20 bits per heavy atom. The first-order chi connectivity index (χ1) is 14.5. The van der Waals surface area contributed by atoms with Crippen molar-refractivity contribution >= 4 is 46.4 Å². The normalized spacial score (nSPS) is 16.6. The molecule has 0 saturated carbocycles. The van der Waals surface area contributed by atoms with Crippen molar-refractivity contribution < 1.29 is 9.59 Å². The minimum Gasteiger partial charge on any atom is -0.371 e. The van der Waals surface area contributed by atoms with E-state index in [9.17, 15) is 9.59 Å². The molecule has 0 aromatic heterocycles. The fourth-order valence-electron chi connectivity index (χ4n) is 4.13. The molecule has 0 aliphatic carbocycles. The van der Waals surface area contributed by atoms with Gasteiger partial charge < -0.3 is 15.1 Å². The highest BCUT2D eigenvalue weighted by Gasteiger charge is 2.25. The number of hydrogen-bond acceptors (Lipinski definition) is 3. The van der Waals surface area contributed by atoms with E-state index in [2.05, 4.69) is 10.2 Å². The second-order valence-corrected chi connectivity index (χ2v) is 8.68. The van der Waals surface area contributed by atoms with Gasteiger partial charge in [-0.15, -0.1) is 0 Å². The molecule has 0 bridgehead atoms. The number of benzene rings is 2. The first-order valence-corrected chi connectivity index (χ1v) is 11.2. The average molecular weight is 446 g/mol. The summed E-state index contributed by atoms with van der Waals surface area (Å²) in [6.45, 7) is 3.49. The van der Waals surface area contributed by atoms with Gasteiger partial charge in [-0.3, -0.25) is 9.59 Å². The van der Waals surface area contributed by atoms with Crippen LogP contribution in [0.2, 0.25) is 10.0 Å². The number of carbonyl (C=O) groups is 2. The molecular weight excluding hydrogens is 421 g/mol. The molecular formula is C23H25Cl2N3O2. The molecule has 2 heterocycles. The Morgan fingerprint density at radius 1 is 0.800 bits per heavy atom. The van der Waals surface area contributed by atoms with Crippen LogP contribution >= 0.6 is 23.2 Å². The molecule has 1 N–H and O–H groups in total. The monoisotopic (exact) mass is 445 g/mol. The summed E-state index contributed by atoms with van der Waals surface area (Å²) in [7, 11) is 0. The summed E-state index contributed by atoms with van der Waals surface area (Å²) in [4.78, 5) is 30.2. The molecule has 2 saturated heterocycles. The number of hydrogen-bond donors (Lipinski definition) is 1. The highest BCUT2D eigenvalue weighted by molar-refractivity contribution is 6.42. The lowest BCUT2D eigenvalue weighted by atomic mass is 10.1. The molecule has 158 valence electrons. The van der Waals surface area contributed by atoms with Crippen LogP contribution < -0.4 is 10.2 Å². The third kappa shape index (κ3) is 4.57. The van der Waals surface area contributed by atoms with Gasteiger partial charge in [0.25, 0.3) is 11.8 Å². The molecule has 7 heteroatoms. The van der Waals surface area contributed by atoms with Crippen molar-refractivity contribution in [2.75, 3.05) is 36.4 Å². The molecule has 2 fully saturated rings. The van der Waals surface area contributed by atoms with E-state index in [1.807, 2.05) is 17.0 Å². The van der Waals surface area contributed by atoms with Crippen LogP contribution in [0, 0.1) is 0 Å². The molecule has 0 unspecified atom stereocenters. The number of likely N-dealkylation sites (tertiary alicyclic amines) is 1. The summed E-state index contributed by atoms with van der Waals surface area (Å²) in [6, 6.07) is 10.4. The zero-order valence-electron chi connectivity index (χ0n) is 16.8. The Kier molecular flexibility index (Phi) is 6.49. The first-order valence-electron chi connectivity index (χ1n) is 10.5. The Bertz CT molecular complexity index is 951. The zero-order chi connectivity index (χ0) is 21.1. The fourth-order valence-corrected chi connectivity index (χ4v) is 4.42. The maximum absolute atomic E-state index is 13.3. The predicted octanol–water partition coefficient (Wildman–Crippen LogP) is 5.47. The standard InChI is InChI=1S/C23H25Cl2N3O2/c24-19-8-6-16(14-20(19)25)22(29)26-17-7-9-21(27-10-4-5-11-27)18(15-17)23(30)28-12-2-1-3-13-28/h6-9,14-15H,1-5,10-13H2,(H,26,29). The van der Waals surface area contributed by atoms with Crippen LogP contribution in [0.25, 0.3) is 0 Å². The van der Waals surface area contributed by atoms with Crippen molar-refractivity contribution in [1.82, 2.24) is 4.90 Å². The van der Waals surface area contributed by atoms with E-state index < -0.39 is 0 Å². The van der Waals surface area contributed by atoms with E-state index >= 15 is 0 Å². The number of carbonyl (C=O) groups excluding carboxylic acids is 2. The smallest absolute Gasteiger partial charge is 0.256 e. The minimum atomic E-state index is -0.293. The van der Waals surface area contributed by atoms with Crippen LogP contribution in [0.1, 0.15) is 52.8 Å². The number of rotatable bonds is 4. The molecule has 5 nitrogen and oxygen atoms in total. The Hall–Kier alpha value is -2.24. The quantitative estimate of drug-likeness (QED) is 0.678. The van der Waals surface area contributed by atoms with Gasteiger partial charge in [-0.05, 0) is 68.5 Å². The summed E-state index contributed by atoms with van der Waals surface area (Å²) in [5, 5.41) is 3.62. The molecule has 30 heavy (non-hydrogen) atoms. The van der Waals surface area contributed by atoms with Gasteiger partial charge in [-0.25, -0.2) is 0 Å². The van der Waals surface area contributed by atoms with Gasteiger partial charge in [0, 0.05) is 43.1 Å². The van der Waals surface area contributed by atoms with Crippen molar-refractivity contribution in [3.8, 4) is 0 Å². The van der Waals surface area contributed by atoms with Gasteiger partial charge in [0.15, 0.2) is 0 Å². The van der Waals surface area contributed by atoms with E-state index in [1.54, 1.807) is 18.2 Å². The summed E-state index contributed by atoms with van der Waals surface area (Å²) >= 11 is 12.0. The molecule has 0 radical (unpaired) electrons. The Balaban J connectivity index is 1.61. The number of amides is 2. The summed E-state index contributed by atoms with van der Waals surface area (Å²) in [5.41, 5.74) is 2.62. The molecule has 0 atom stereocenters. The average Bonchev–Trinajstić information content (AvgIpc) is 3.30. The number of halogens is 2. The molecule has 0 spiro atoms. The van der Waals surface area contributed by atoms with Gasteiger partial charge >= 0.3 is 0 Å². The molecule has 2 aromatic carbocycles. The summed E-state index contributed by atoms with van der Waals surface area (Å²) in [5.74, 6) is -0.249. The molecule has 2 aromatic rings. The maximum Gasteiger partial charge on any atom is 0.256 e. The topological polar surface area (TPSA) is 52.7 Å². The van der Waals surface area contributed by atoms with Crippen LogP contribution in [0.4, 0.5) is 11.4 Å². The van der Waals surface area contributed by atoms with Crippen LogP contribution in [0.15, 0.2) is 36.4 Å². The van der Waals surface area contributed by atoms with Gasteiger partial charge in [0.05, 0.1) is 15.6 Å². The summed E-state index contributed by atoms with van der Waals surface area (Å²) in [6.07, 6.45) is 5.51. The number of nitrogens with zero attached hydrogens (tertiary/aromatic N) is 2. The second kappa shape index (κ2) is 9.27. The minimum absolute atomic E-state index is 0.0437. The molecule has 2 amide bonds. The lowest BCUT2D eigenvalue weighted by Gasteiger charge is -2.29. The van der Waals surface area contributed by atoms with Crippen LogP contribution in [-0.4, -0.2) is 42.9 Å². The van der Waals surface area contributed by atoms with Crippen molar-refractivity contribution in [3.63, 3.8) is 0 Å². The molecule has 4 rings (SSSR count). The van der Waals surface area contributed by atoms with E-state index in [-0.39, 0.29) is 11.8 Å². The number of piperidine rings is 1. The fraction of sp³-hybridized carbons (Fsp3) is 0.391. The number of anilines is 2. The van der Waals surface area contributed by atoms with Gasteiger partial charge in [0.2, 0.25) is 0 Å². The lowest BCUT2D eigenvalue weighted by molar-refractivity contribution is 0.0724. The first kappa shape index (κ1) is 21.0. The third-order valence-corrected chi connectivity index (χ3v) is 6.50. The Morgan fingerprint density at radius 2 is 1.50 bits per heavy atom. The largest absolute Gasteiger partial charge is 0.371 e. The highest BCUT2D eigenvalue weighted by atomic mass is 35.5. The predicted molar refractivity (Wildman–Crippen MR) is 122 cm³/mol. The van der Waals surface area contributed by atoms with E-state index in [1.165, 1.54) is 12.5 Å². The van der Waals surface area contributed by atoms with Crippen molar-refractivity contribution in [3.05, 3.63) is 57.6 Å². The van der Waals surface area contributed by atoms with Gasteiger partial charge in [-0.2, -0.15) is 0 Å². The van der Waals surface area contributed by atoms with E-state index in [4.69, 9.17) is 23.2 Å². The van der Waals surface area contributed by atoms with E-state index in [0.717, 1.165) is 57.5 Å². The van der Waals surface area contributed by atoms with Crippen LogP contribution in [0.3, 0.4) is 0 Å². The van der Waals surface area contributed by atoms with E-state index in [0.29, 0.717) is 26.9 Å². The van der Waals surface area contributed by atoms with Crippen molar-refractivity contribution in [1.29, 1.82) is 0 Å². The number of nitrogens with one attached hydrogen (secondary N) is 1.